The summed E-state index contributed by atoms with van der Waals surface area (Å²) >= 11 is 0. The molecule has 3 heteroatoms. The van der Waals surface area contributed by atoms with E-state index >= 15 is 0 Å². The Morgan fingerprint density at radius 2 is 1.88 bits per heavy atom. The minimum absolute atomic E-state index is 0.182. The molecule has 0 aromatic heterocycles. The first-order valence-electron chi connectivity index (χ1n) is 5.78. The number of benzene rings is 1. The molecule has 1 aromatic rings. The Hall–Kier alpha value is -0.930. The maximum atomic E-state index is 12.7. The lowest BCUT2D eigenvalue weighted by molar-refractivity contribution is 0.242. The average molecular weight is 224 g/mol. The second-order valence-electron chi connectivity index (χ2n) is 4.54. The first kappa shape index (κ1) is 13.1. The van der Waals surface area contributed by atoms with Crippen LogP contribution in [0.3, 0.4) is 0 Å². The number of hydrogen-bond acceptors (Lipinski definition) is 2. The van der Waals surface area contributed by atoms with Crippen molar-refractivity contribution in [3.63, 3.8) is 0 Å². The summed E-state index contributed by atoms with van der Waals surface area (Å²) in [7, 11) is 0. The summed E-state index contributed by atoms with van der Waals surface area (Å²) < 4.78 is 12.7. The van der Waals surface area contributed by atoms with E-state index in [0.29, 0.717) is 12.5 Å². The average Bonchev–Trinajstić information content (AvgIpc) is 2.21. The molecule has 16 heavy (non-hydrogen) atoms. The van der Waals surface area contributed by atoms with Crippen molar-refractivity contribution in [2.24, 2.45) is 11.7 Å². The molecular weight excluding hydrogens is 203 g/mol. The Balaban J connectivity index is 2.56. The molecule has 0 bridgehead atoms. The molecule has 1 rings (SSSR count). The standard InChI is InChI=1S/C13H21FN2/c1-11(2)9-16(8-7-15)10-12-3-5-13(14)6-4-12/h3-6,11H,7-10,15H2,1-2H3. The van der Waals surface area contributed by atoms with Crippen LogP contribution in [0, 0.1) is 11.7 Å². The first-order chi connectivity index (χ1) is 7.61. The van der Waals surface area contributed by atoms with Gasteiger partial charge in [-0.15, -0.1) is 0 Å². The van der Waals surface area contributed by atoms with Gasteiger partial charge in [-0.05, 0) is 23.6 Å². The van der Waals surface area contributed by atoms with Crippen molar-refractivity contribution < 1.29 is 4.39 Å². The van der Waals surface area contributed by atoms with E-state index in [1.807, 2.05) is 12.1 Å². The highest BCUT2D eigenvalue weighted by molar-refractivity contribution is 5.15. The molecule has 0 spiro atoms. The van der Waals surface area contributed by atoms with Crippen molar-refractivity contribution in [2.75, 3.05) is 19.6 Å². The van der Waals surface area contributed by atoms with Crippen LogP contribution in [0.4, 0.5) is 4.39 Å². The number of rotatable bonds is 6. The van der Waals surface area contributed by atoms with Crippen molar-refractivity contribution in [2.45, 2.75) is 20.4 Å². The van der Waals surface area contributed by atoms with E-state index in [1.165, 1.54) is 12.1 Å². The predicted molar refractivity (Wildman–Crippen MR) is 65.6 cm³/mol. The number of hydrogen-bond donors (Lipinski definition) is 1. The van der Waals surface area contributed by atoms with E-state index in [4.69, 9.17) is 5.73 Å². The summed E-state index contributed by atoms with van der Waals surface area (Å²) in [5.41, 5.74) is 6.72. The fourth-order valence-corrected chi connectivity index (χ4v) is 1.78. The lowest BCUT2D eigenvalue weighted by atomic mass is 10.1. The van der Waals surface area contributed by atoms with Crippen molar-refractivity contribution in [3.8, 4) is 0 Å². The summed E-state index contributed by atoms with van der Waals surface area (Å²) in [5, 5.41) is 0. The molecule has 1 aromatic carbocycles. The minimum Gasteiger partial charge on any atom is -0.329 e. The molecule has 0 amide bonds. The van der Waals surface area contributed by atoms with Gasteiger partial charge >= 0.3 is 0 Å². The van der Waals surface area contributed by atoms with Crippen LogP contribution < -0.4 is 5.73 Å². The van der Waals surface area contributed by atoms with E-state index in [-0.39, 0.29) is 5.82 Å². The highest BCUT2D eigenvalue weighted by atomic mass is 19.1. The van der Waals surface area contributed by atoms with Crippen LogP contribution in [0.5, 0.6) is 0 Å². The van der Waals surface area contributed by atoms with E-state index in [0.717, 1.165) is 25.2 Å². The topological polar surface area (TPSA) is 29.3 Å². The summed E-state index contributed by atoms with van der Waals surface area (Å²) in [5.74, 6) is 0.435. The molecule has 2 N–H and O–H groups in total. The molecule has 0 fully saturated rings. The van der Waals surface area contributed by atoms with Crippen LogP contribution in [-0.4, -0.2) is 24.5 Å². The highest BCUT2D eigenvalue weighted by Crippen LogP contribution is 2.08. The van der Waals surface area contributed by atoms with E-state index in [9.17, 15) is 4.39 Å². The quantitative estimate of drug-likeness (QED) is 0.803. The lowest BCUT2D eigenvalue weighted by Crippen LogP contribution is -2.32. The monoisotopic (exact) mass is 224 g/mol. The van der Waals surface area contributed by atoms with Crippen molar-refractivity contribution in [3.05, 3.63) is 35.6 Å². The van der Waals surface area contributed by atoms with Crippen LogP contribution in [0.1, 0.15) is 19.4 Å². The van der Waals surface area contributed by atoms with E-state index < -0.39 is 0 Å². The Labute approximate surface area is 97.3 Å². The summed E-state index contributed by atoms with van der Waals surface area (Å²) in [6, 6.07) is 6.68. The maximum absolute atomic E-state index is 12.7. The van der Waals surface area contributed by atoms with Gasteiger partial charge < -0.3 is 5.73 Å². The normalized spacial score (nSPS) is 11.4. The van der Waals surface area contributed by atoms with Crippen molar-refractivity contribution in [1.82, 2.24) is 4.90 Å². The Kier molecular flexibility index (Phi) is 5.43. The SMILES string of the molecule is CC(C)CN(CCN)Cc1ccc(F)cc1. The second-order valence-corrected chi connectivity index (χ2v) is 4.54. The fraction of sp³-hybridized carbons (Fsp3) is 0.538. The molecule has 2 nitrogen and oxygen atoms in total. The smallest absolute Gasteiger partial charge is 0.123 e. The van der Waals surface area contributed by atoms with E-state index in [2.05, 4.69) is 18.7 Å². The molecule has 0 unspecified atom stereocenters. The van der Waals surface area contributed by atoms with Crippen LogP contribution in [-0.2, 0) is 6.54 Å². The molecule has 0 aliphatic rings. The van der Waals surface area contributed by atoms with Gasteiger partial charge in [-0.2, -0.15) is 0 Å². The zero-order valence-electron chi connectivity index (χ0n) is 10.1. The van der Waals surface area contributed by atoms with Gasteiger partial charge in [0.1, 0.15) is 5.82 Å². The third-order valence-electron chi connectivity index (χ3n) is 2.39. The first-order valence-corrected chi connectivity index (χ1v) is 5.78. The summed E-state index contributed by atoms with van der Waals surface area (Å²) in [6.07, 6.45) is 0. The number of nitrogens with two attached hydrogens (primary N) is 1. The van der Waals surface area contributed by atoms with Gasteiger partial charge in [0.25, 0.3) is 0 Å². The maximum Gasteiger partial charge on any atom is 0.123 e. The zero-order valence-corrected chi connectivity index (χ0v) is 10.1. The van der Waals surface area contributed by atoms with Crippen LogP contribution in [0.15, 0.2) is 24.3 Å². The van der Waals surface area contributed by atoms with Gasteiger partial charge in [0.15, 0.2) is 0 Å². The van der Waals surface area contributed by atoms with Crippen LogP contribution >= 0.6 is 0 Å². The number of nitrogens with zero attached hydrogens (tertiary/aromatic N) is 1. The number of halogens is 1. The highest BCUT2D eigenvalue weighted by Gasteiger charge is 2.07. The van der Waals surface area contributed by atoms with Gasteiger partial charge in [0, 0.05) is 26.2 Å². The molecule has 0 saturated heterocycles. The Bertz CT molecular complexity index is 295. The third-order valence-corrected chi connectivity index (χ3v) is 2.39. The second kappa shape index (κ2) is 6.61. The molecule has 0 saturated carbocycles. The van der Waals surface area contributed by atoms with Crippen LogP contribution in [0.2, 0.25) is 0 Å². The van der Waals surface area contributed by atoms with Gasteiger partial charge in [-0.25, -0.2) is 4.39 Å². The van der Waals surface area contributed by atoms with Crippen molar-refractivity contribution in [1.29, 1.82) is 0 Å². The van der Waals surface area contributed by atoms with Gasteiger partial charge in [0.05, 0.1) is 0 Å². The molecule has 0 aliphatic heterocycles. The molecule has 0 heterocycles. The Morgan fingerprint density at radius 3 is 2.38 bits per heavy atom. The summed E-state index contributed by atoms with van der Waals surface area (Å²) in [6.45, 7) is 7.79. The van der Waals surface area contributed by atoms with E-state index in [1.54, 1.807) is 0 Å². The molecule has 0 radical (unpaired) electrons. The molecule has 0 aliphatic carbocycles. The molecule has 0 atom stereocenters. The van der Waals surface area contributed by atoms with Crippen molar-refractivity contribution >= 4 is 0 Å². The molecule has 90 valence electrons. The Morgan fingerprint density at radius 1 is 1.25 bits per heavy atom. The van der Waals surface area contributed by atoms with Crippen LogP contribution in [0.25, 0.3) is 0 Å². The fourth-order valence-electron chi connectivity index (χ4n) is 1.78. The van der Waals surface area contributed by atoms with Gasteiger partial charge in [-0.1, -0.05) is 26.0 Å². The van der Waals surface area contributed by atoms with Gasteiger partial charge in [-0.3, -0.25) is 4.90 Å². The van der Waals surface area contributed by atoms with Gasteiger partial charge in [0.2, 0.25) is 0 Å². The predicted octanol–water partition coefficient (Wildman–Crippen LogP) is 2.24. The minimum atomic E-state index is -0.182. The summed E-state index contributed by atoms with van der Waals surface area (Å²) in [4.78, 5) is 2.30. The molecular formula is C13H21FN2. The third kappa shape index (κ3) is 4.73. The largest absolute Gasteiger partial charge is 0.329 e. The zero-order chi connectivity index (χ0) is 12.0. The lowest BCUT2D eigenvalue weighted by Gasteiger charge is -2.23.